The number of benzene rings is 2. The van der Waals surface area contributed by atoms with Crippen molar-refractivity contribution in [2.75, 3.05) is 37.6 Å². The Morgan fingerprint density at radius 2 is 1.76 bits per heavy atom. The van der Waals surface area contributed by atoms with Gasteiger partial charge in [0.1, 0.15) is 5.75 Å². The second kappa shape index (κ2) is 8.87. The first kappa shape index (κ1) is 19.8. The molecule has 1 amide bonds. The molecule has 0 radical (unpaired) electrons. The number of phenolic OH excluding ortho intramolecular Hbond substituents is 1. The number of nitrogens with zero attached hydrogens (tertiary/aromatic N) is 2. The lowest BCUT2D eigenvalue weighted by Gasteiger charge is -2.35. The molecule has 1 heterocycles. The molecule has 4 rings (SSSR count). The van der Waals surface area contributed by atoms with E-state index in [1.807, 2.05) is 30.3 Å². The number of nitrogens with one attached hydrogen (secondary N) is 1. The highest BCUT2D eigenvalue weighted by Crippen LogP contribution is 2.35. The number of hydrogen-bond donors (Lipinski definition) is 2. The molecule has 2 aromatic rings. The molecule has 2 fully saturated rings. The molecule has 5 heteroatoms. The molecule has 2 aromatic carbocycles. The Morgan fingerprint density at radius 1 is 1.10 bits per heavy atom. The van der Waals surface area contributed by atoms with Crippen molar-refractivity contribution < 1.29 is 14.8 Å². The van der Waals surface area contributed by atoms with Crippen LogP contribution in [0.5, 0.6) is 5.75 Å². The highest BCUT2D eigenvalue weighted by Gasteiger charge is 2.35. The Hall–Kier alpha value is -2.53. The van der Waals surface area contributed by atoms with Gasteiger partial charge in [-0.05, 0) is 55.5 Å². The van der Waals surface area contributed by atoms with E-state index >= 15 is 0 Å². The van der Waals surface area contributed by atoms with Crippen LogP contribution in [0.2, 0.25) is 0 Å². The average Bonchev–Trinajstić information content (AvgIpc) is 3.59. The zero-order chi connectivity index (χ0) is 20.2. The van der Waals surface area contributed by atoms with Crippen molar-refractivity contribution in [3.8, 4) is 5.75 Å². The van der Waals surface area contributed by atoms with Crippen LogP contribution >= 0.6 is 0 Å². The lowest BCUT2D eigenvalue weighted by Crippen LogP contribution is -3.16. The van der Waals surface area contributed by atoms with Crippen LogP contribution < -0.4 is 9.80 Å². The Labute approximate surface area is 173 Å². The number of rotatable bonds is 7. The van der Waals surface area contributed by atoms with Gasteiger partial charge >= 0.3 is 0 Å². The fourth-order valence-electron chi connectivity index (χ4n) is 4.31. The zero-order valence-corrected chi connectivity index (χ0v) is 17.3. The maximum absolute atomic E-state index is 13.2. The molecule has 1 atom stereocenters. The number of hydrogen-bond acceptors (Lipinski definition) is 3. The summed E-state index contributed by atoms with van der Waals surface area (Å²) in [5, 5.41) is 9.48. The van der Waals surface area contributed by atoms with Gasteiger partial charge in [-0.15, -0.1) is 0 Å². The third-order valence-corrected chi connectivity index (χ3v) is 6.40. The molecule has 0 unspecified atom stereocenters. The second-order valence-electron chi connectivity index (χ2n) is 8.52. The highest BCUT2D eigenvalue weighted by molar-refractivity contribution is 5.77. The summed E-state index contributed by atoms with van der Waals surface area (Å²) in [4.78, 5) is 19.1. The lowest BCUT2D eigenvalue weighted by molar-refractivity contribution is -0.892. The van der Waals surface area contributed by atoms with E-state index in [0.29, 0.717) is 30.8 Å². The molecule has 0 aromatic heterocycles. The van der Waals surface area contributed by atoms with Gasteiger partial charge in [0.2, 0.25) is 0 Å². The summed E-state index contributed by atoms with van der Waals surface area (Å²) in [6.45, 7) is 7.30. The largest absolute Gasteiger partial charge is 0.508 e. The van der Waals surface area contributed by atoms with E-state index in [1.54, 1.807) is 12.1 Å². The van der Waals surface area contributed by atoms with Gasteiger partial charge in [0.25, 0.3) is 5.91 Å². The van der Waals surface area contributed by atoms with Crippen LogP contribution in [0.4, 0.5) is 5.69 Å². The summed E-state index contributed by atoms with van der Waals surface area (Å²) in [5.74, 6) is 1.25. The van der Waals surface area contributed by atoms with Crippen molar-refractivity contribution in [1.29, 1.82) is 0 Å². The summed E-state index contributed by atoms with van der Waals surface area (Å²) < 4.78 is 0. The Kier molecular flexibility index (Phi) is 6.05. The van der Waals surface area contributed by atoms with Crippen molar-refractivity contribution in [2.45, 2.75) is 32.4 Å². The molecular formula is C24H32N3O2+. The number of phenols is 1. The molecule has 0 bridgehead atoms. The van der Waals surface area contributed by atoms with Crippen LogP contribution in [-0.4, -0.2) is 54.7 Å². The molecule has 5 nitrogen and oxygen atoms in total. The zero-order valence-electron chi connectivity index (χ0n) is 17.3. The number of piperazine rings is 1. The topological polar surface area (TPSA) is 48.2 Å². The Balaban J connectivity index is 1.34. The van der Waals surface area contributed by atoms with Gasteiger partial charge in [0.05, 0.1) is 26.2 Å². The lowest BCUT2D eigenvalue weighted by atomic mass is 10.1. The summed E-state index contributed by atoms with van der Waals surface area (Å²) in [6, 6.07) is 18.1. The fourth-order valence-corrected chi connectivity index (χ4v) is 4.31. The van der Waals surface area contributed by atoms with Gasteiger partial charge in [-0.2, -0.15) is 0 Å². The van der Waals surface area contributed by atoms with E-state index in [2.05, 4.69) is 28.9 Å². The summed E-state index contributed by atoms with van der Waals surface area (Å²) in [6.07, 6.45) is 2.50. The smallest absolute Gasteiger partial charge is 0.278 e. The number of carbonyl (C=O) groups is 1. The average molecular weight is 395 g/mol. The number of anilines is 1. The normalized spacial score (nSPS) is 18.4. The van der Waals surface area contributed by atoms with Crippen molar-refractivity contribution in [3.63, 3.8) is 0 Å². The van der Waals surface area contributed by atoms with E-state index < -0.39 is 0 Å². The molecule has 1 saturated heterocycles. The first-order valence-corrected chi connectivity index (χ1v) is 10.8. The van der Waals surface area contributed by atoms with E-state index in [0.717, 1.165) is 31.9 Å². The molecule has 2 aliphatic rings. The number of aromatic hydroxyl groups is 1. The van der Waals surface area contributed by atoms with Crippen molar-refractivity contribution in [1.82, 2.24) is 4.90 Å². The van der Waals surface area contributed by atoms with Crippen LogP contribution in [0.15, 0.2) is 54.6 Å². The third-order valence-electron chi connectivity index (χ3n) is 6.40. The van der Waals surface area contributed by atoms with Crippen LogP contribution in [0, 0.1) is 5.92 Å². The molecule has 1 aliphatic heterocycles. The predicted octanol–water partition coefficient (Wildman–Crippen LogP) is 1.92. The molecule has 1 saturated carbocycles. The molecule has 29 heavy (non-hydrogen) atoms. The SMILES string of the molecule is C[C@H](C1CC1)N(Cc1ccccc1)C(=O)C[NH+]1CCN(c2ccc(O)cc2)CC1. The van der Waals surface area contributed by atoms with E-state index in [1.165, 1.54) is 23.3 Å². The van der Waals surface area contributed by atoms with Crippen LogP contribution in [0.1, 0.15) is 25.3 Å². The van der Waals surface area contributed by atoms with Gasteiger partial charge < -0.3 is 19.8 Å². The number of amides is 1. The van der Waals surface area contributed by atoms with Gasteiger partial charge in [-0.25, -0.2) is 0 Å². The van der Waals surface area contributed by atoms with Gasteiger partial charge in [-0.1, -0.05) is 30.3 Å². The van der Waals surface area contributed by atoms with Crippen LogP contribution in [-0.2, 0) is 11.3 Å². The van der Waals surface area contributed by atoms with E-state index in [4.69, 9.17) is 0 Å². The van der Waals surface area contributed by atoms with Crippen LogP contribution in [0.25, 0.3) is 0 Å². The number of quaternary nitrogens is 1. The van der Waals surface area contributed by atoms with Gasteiger partial charge in [0, 0.05) is 18.3 Å². The molecule has 1 aliphatic carbocycles. The maximum Gasteiger partial charge on any atom is 0.278 e. The van der Waals surface area contributed by atoms with Crippen molar-refractivity contribution in [2.24, 2.45) is 5.92 Å². The predicted molar refractivity (Wildman–Crippen MR) is 115 cm³/mol. The second-order valence-corrected chi connectivity index (χ2v) is 8.52. The minimum absolute atomic E-state index is 0.279. The summed E-state index contributed by atoms with van der Waals surface area (Å²) >= 11 is 0. The van der Waals surface area contributed by atoms with Crippen molar-refractivity contribution in [3.05, 3.63) is 60.2 Å². The molecule has 154 valence electrons. The maximum atomic E-state index is 13.2. The Morgan fingerprint density at radius 3 is 2.38 bits per heavy atom. The fraction of sp³-hybridized carbons (Fsp3) is 0.458. The van der Waals surface area contributed by atoms with Gasteiger partial charge in [-0.3, -0.25) is 4.79 Å². The Bertz CT molecular complexity index is 797. The molecule has 0 spiro atoms. The highest BCUT2D eigenvalue weighted by atomic mass is 16.3. The number of carbonyl (C=O) groups excluding carboxylic acids is 1. The van der Waals surface area contributed by atoms with E-state index in [9.17, 15) is 9.90 Å². The first-order chi connectivity index (χ1) is 14.1. The first-order valence-electron chi connectivity index (χ1n) is 10.8. The van der Waals surface area contributed by atoms with Crippen LogP contribution in [0.3, 0.4) is 0 Å². The monoisotopic (exact) mass is 394 g/mol. The quantitative estimate of drug-likeness (QED) is 0.754. The van der Waals surface area contributed by atoms with Gasteiger partial charge in [0.15, 0.2) is 6.54 Å². The molecular weight excluding hydrogens is 362 g/mol. The summed E-state index contributed by atoms with van der Waals surface area (Å²) in [5.41, 5.74) is 2.35. The molecule has 2 N–H and O–H groups in total. The van der Waals surface area contributed by atoms with Crippen molar-refractivity contribution >= 4 is 11.6 Å². The van der Waals surface area contributed by atoms with E-state index in [-0.39, 0.29) is 5.91 Å². The third kappa shape index (κ3) is 5.10. The minimum atomic E-state index is 0.279. The summed E-state index contributed by atoms with van der Waals surface area (Å²) in [7, 11) is 0. The standard InChI is InChI=1S/C24H31N3O2/c1-19(21-7-8-21)27(17-20-5-3-2-4-6-20)24(29)18-25-13-15-26(16-14-25)22-9-11-23(28)12-10-22/h2-6,9-12,19,21,28H,7-8,13-18H2,1H3/p+1/t19-/m1/s1. The minimum Gasteiger partial charge on any atom is -0.508 e.